The number of aromatic hydroxyl groups is 1. The number of aryl methyl sites for hydroxylation is 2. The van der Waals surface area contributed by atoms with E-state index >= 15 is 0 Å². The Balaban J connectivity index is 1.52. The third kappa shape index (κ3) is 3.92. The van der Waals surface area contributed by atoms with Crippen molar-refractivity contribution < 1.29 is 9.90 Å². The number of phenols is 1. The first-order valence-electron chi connectivity index (χ1n) is 11.8. The molecule has 0 amide bonds. The summed E-state index contributed by atoms with van der Waals surface area (Å²) in [5, 5.41) is 10.1. The van der Waals surface area contributed by atoms with E-state index in [2.05, 4.69) is 66.4 Å². The Labute approximate surface area is 190 Å². The number of aldehydes is 1. The van der Waals surface area contributed by atoms with Crippen molar-refractivity contribution in [3.63, 3.8) is 0 Å². The molecule has 0 radical (unpaired) electrons. The van der Waals surface area contributed by atoms with Crippen LogP contribution in [0.2, 0.25) is 0 Å². The van der Waals surface area contributed by atoms with Gasteiger partial charge in [0.2, 0.25) is 0 Å². The molecule has 3 aromatic rings. The van der Waals surface area contributed by atoms with Crippen LogP contribution in [0.15, 0.2) is 66.7 Å². The van der Waals surface area contributed by atoms with Gasteiger partial charge in [0.05, 0.1) is 0 Å². The second kappa shape index (κ2) is 8.82. The number of hydrogen-bond acceptors (Lipinski definition) is 3. The standard InChI is InChI=1S/C29H31NO2/c1-20-17-24(8-12-28(20)30-15-13-21(19-31)14-16-30)29-26(22-5-3-2-4-6-22)10-7-23-18-25(32)9-11-27(23)29/h2-6,8-9,11-12,17-19,21,26,29,32H,7,10,13-16H2,1H3/t26-,29+/m1/s1. The molecule has 0 unspecified atom stereocenters. The van der Waals surface area contributed by atoms with Gasteiger partial charge in [0.1, 0.15) is 12.0 Å². The van der Waals surface area contributed by atoms with Crippen LogP contribution in [0.3, 0.4) is 0 Å². The molecule has 3 nitrogen and oxygen atoms in total. The summed E-state index contributed by atoms with van der Waals surface area (Å²) in [5.41, 5.74) is 7.91. The summed E-state index contributed by atoms with van der Waals surface area (Å²) in [6, 6.07) is 23.7. The first-order valence-corrected chi connectivity index (χ1v) is 11.8. The maximum atomic E-state index is 11.1. The molecule has 2 atom stereocenters. The van der Waals surface area contributed by atoms with Gasteiger partial charge in [-0.2, -0.15) is 0 Å². The van der Waals surface area contributed by atoms with Crippen LogP contribution in [0.4, 0.5) is 5.69 Å². The van der Waals surface area contributed by atoms with Crippen LogP contribution in [-0.4, -0.2) is 24.5 Å². The number of carbonyl (C=O) groups excluding carboxylic acids is 1. The molecule has 1 heterocycles. The molecule has 3 heteroatoms. The Morgan fingerprint density at radius 1 is 0.906 bits per heavy atom. The normalized spacial score (nSPS) is 21.2. The summed E-state index contributed by atoms with van der Waals surface area (Å²) >= 11 is 0. The summed E-state index contributed by atoms with van der Waals surface area (Å²) in [6.07, 6.45) is 5.07. The van der Waals surface area contributed by atoms with Crippen LogP contribution < -0.4 is 4.90 Å². The highest BCUT2D eigenvalue weighted by molar-refractivity contribution is 5.59. The van der Waals surface area contributed by atoms with Gasteiger partial charge in [-0.15, -0.1) is 0 Å². The van der Waals surface area contributed by atoms with E-state index in [1.807, 2.05) is 12.1 Å². The highest BCUT2D eigenvalue weighted by Gasteiger charge is 2.32. The summed E-state index contributed by atoms with van der Waals surface area (Å²) < 4.78 is 0. The summed E-state index contributed by atoms with van der Waals surface area (Å²) in [4.78, 5) is 13.6. The fourth-order valence-electron chi connectivity index (χ4n) is 5.78. The summed E-state index contributed by atoms with van der Waals surface area (Å²) in [5.74, 6) is 1.26. The highest BCUT2D eigenvalue weighted by atomic mass is 16.3. The van der Waals surface area contributed by atoms with E-state index in [1.165, 1.54) is 33.5 Å². The second-order valence-electron chi connectivity index (χ2n) is 9.42. The highest BCUT2D eigenvalue weighted by Crippen LogP contribution is 2.47. The molecule has 5 rings (SSSR count). The van der Waals surface area contributed by atoms with Gasteiger partial charge in [0.25, 0.3) is 0 Å². The van der Waals surface area contributed by atoms with Crippen molar-refractivity contribution >= 4 is 12.0 Å². The molecule has 32 heavy (non-hydrogen) atoms. The number of rotatable bonds is 4. The van der Waals surface area contributed by atoms with Gasteiger partial charge in [-0.1, -0.05) is 48.5 Å². The van der Waals surface area contributed by atoms with Crippen LogP contribution in [0.5, 0.6) is 5.75 Å². The van der Waals surface area contributed by atoms with Crippen LogP contribution in [0.1, 0.15) is 58.9 Å². The van der Waals surface area contributed by atoms with Crippen molar-refractivity contribution in [2.45, 2.75) is 44.4 Å². The number of nitrogens with zero attached hydrogens (tertiary/aromatic N) is 1. The number of carbonyl (C=O) groups is 1. The van der Waals surface area contributed by atoms with Crippen molar-refractivity contribution in [3.05, 3.63) is 94.5 Å². The topological polar surface area (TPSA) is 40.5 Å². The zero-order valence-corrected chi connectivity index (χ0v) is 18.7. The predicted molar refractivity (Wildman–Crippen MR) is 130 cm³/mol. The molecule has 0 spiro atoms. The number of anilines is 1. The van der Waals surface area contributed by atoms with Crippen molar-refractivity contribution in [1.82, 2.24) is 0 Å². The van der Waals surface area contributed by atoms with Gasteiger partial charge in [-0.3, -0.25) is 0 Å². The Bertz CT molecular complexity index is 1100. The summed E-state index contributed by atoms with van der Waals surface area (Å²) in [6.45, 7) is 4.10. The molecule has 3 aromatic carbocycles. The molecular weight excluding hydrogens is 394 g/mol. The molecule has 164 valence electrons. The Morgan fingerprint density at radius 3 is 2.41 bits per heavy atom. The number of hydrogen-bond donors (Lipinski definition) is 1. The lowest BCUT2D eigenvalue weighted by atomic mass is 9.69. The lowest BCUT2D eigenvalue weighted by Gasteiger charge is -2.36. The van der Waals surface area contributed by atoms with Crippen molar-refractivity contribution in [3.8, 4) is 5.75 Å². The Morgan fingerprint density at radius 2 is 1.69 bits per heavy atom. The second-order valence-corrected chi connectivity index (χ2v) is 9.42. The maximum absolute atomic E-state index is 11.1. The molecule has 0 saturated carbocycles. The lowest BCUT2D eigenvalue weighted by Crippen LogP contribution is -2.34. The molecule has 1 saturated heterocycles. The van der Waals surface area contributed by atoms with E-state index in [9.17, 15) is 9.90 Å². The third-order valence-corrected chi connectivity index (χ3v) is 7.47. The smallest absolute Gasteiger partial charge is 0.123 e. The SMILES string of the molecule is Cc1cc([C@@H]2c3ccc(O)cc3CC[C@@H]2c2ccccc2)ccc1N1CCC(C=O)CC1. The predicted octanol–water partition coefficient (Wildman–Crippen LogP) is 5.98. The Hall–Kier alpha value is -3.07. The summed E-state index contributed by atoms with van der Waals surface area (Å²) in [7, 11) is 0. The third-order valence-electron chi connectivity index (χ3n) is 7.47. The largest absolute Gasteiger partial charge is 0.508 e. The van der Waals surface area contributed by atoms with E-state index in [4.69, 9.17) is 0 Å². The fourth-order valence-corrected chi connectivity index (χ4v) is 5.78. The zero-order chi connectivity index (χ0) is 22.1. The van der Waals surface area contributed by atoms with E-state index in [0.717, 1.165) is 45.1 Å². The van der Waals surface area contributed by atoms with Gasteiger partial charge in [-0.05, 0) is 84.5 Å². The molecule has 1 fully saturated rings. The van der Waals surface area contributed by atoms with Gasteiger partial charge < -0.3 is 14.8 Å². The van der Waals surface area contributed by atoms with Crippen molar-refractivity contribution in [2.75, 3.05) is 18.0 Å². The minimum absolute atomic E-state index is 0.215. The number of fused-ring (bicyclic) bond motifs is 1. The average molecular weight is 426 g/mol. The molecule has 1 aliphatic carbocycles. The molecule has 1 N–H and O–H groups in total. The van der Waals surface area contributed by atoms with Gasteiger partial charge in [0.15, 0.2) is 0 Å². The first kappa shape index (κ1) is 20.8. The Kier molecular flexibility index (Phi) is 5.73. The number of piperidine rings is 1. The van der Waals surface area contributed by atoms with Crippen LogP contribution >= 0.6 is 0 Å². The minimum Gasteiger partial charge on any atom is -0.508 e. The molecule has 2 aliphatic rings. The molecule has 0 bridgehead atoms. The van der Waals surface area contributed by atoms with Crippen LogP contribution in [-0.2, 0) is 11.2 Å². The fraction of sp³-hybridized carbons (Fsp3) is 0.345. The van der Waals surface area contributed by atoms with E-state index < -0.39 is 0 Å². The minimum atomic E-state index is 0.215. The quantitative estimate of drug-likeness (QED) is 0.523. The maximum Gasteiger partial charge on any atom is 0.123 e. The average Bonchev–Trinajstić information content (AvgIpc) is 2.84. The lowest BCUT2D eigenvalue weighted by molar-refractivity contribution is -0.111. The molecule has 0 aromatic heterocycles. The van der Waals surface area contributed by atoms with E-state index in [-0.39, 0.29) is 11.8 Å². The van der Waals surface area contributed by atoms with E-state index in [1.54, 1.807) is 0 Å². The van der Waals surface area contributed by atoms with Gasteiger partial charge in [-0.25, -0.2) is 0 Å². The van der Waals surface area contributed by atoms with Crippen LogP contribution in [0, 0.1) is 12.8 Å². The number of phenolic OH excluding ortho intramolecular Hbond substituents is 1. The zero-order valence-electron chi connectivity index (χ0n) is 18.7. The monoisotopic (exact) mass is 425 g/mol. The number of benzene rings is 3. The first-order chi connectivity index (χ1) is 15.6. The van der Waals surface area contributed by atoms with Gasteiger partial charge >= 0.3 is 0 Å². The molecule has 1 aliphatic heterocycles. The van der Waals surface area contributed by atoms with E-state index in [0.29, 0.717) is 11.7 Å². The van der Waals surface area contributed by atoms with Crippen molar-refractivity contribution in [1.29, 1.82) is 0 Å². The van der Waals surface area contributed by atoms with Crippen molar-refractivity contribution in [2.24, 2.45) is 5.92 Å². The van der Waals surface area contributed by atoms with Gasteiger partial charge in [0, 0.05) is 30.6 Å². The van der Waals surface area contributed by atoms with Crippen LogP contribution in [0.25, 0.3) is 0 Å². The molecular formula is C29H31NO2.